The highest BCUT2D eigenvalue weighted by atomic mass is 16.6. The molecular weight excluding hydrogens is 1240 g/mol. The predicted octanol–water partition coefficient (Wildman–Crippen LogP) is -0.824. The van der Waals surface area contributed by atoms with Crippen LogP contribution in [0.4, 0.5) is 19.2 Å². The Bertz CT molecular complexity index is 2760. The van der Waals surface area contributed by atoms with E-state index >= 15 is 0 Å². The van der Waals surface area contributed by atoms with E-state index in [-0.39, 0.29) is 58.3 Å². The molecule has 2 rings (SSSR count). The van der Waals surface area contributed by atoms with Crippen LogP contribution in [0.25, 0.3) is 0 Å². The maximum atomic E-state index is 14.9. The molecule has 1 fully saturated rings. The van der Waals surface area contributed by atoms with Gasteiger partial charge in [0.15, 0.2) is 0 Å². The molecule has 0 saturated carbocycles. The van der Waals surface area contributed by atoms with E-state index in [2.05, 4.69) is 69.1 Å². The van der Waals surface area contributed by atoms with E-state index in [1.54, 1.807) is 120 Å². The molecule has 13 amide bonds. The van der Waals surface area contributed by atoms with Crippen molar-refractivity contribution >= 4 is 77.5 Å². The molecule has 17 N–H and O–H groups in total. The first-order chi connectivity index (χ1) is 44.0. The first kappa shape index (κ1) is 82.5. The Labute approximate surface area is 554 Å². The predicted molar refractivity (Wildman–Crippen MR) is 345 cm³/mol. The smallest absolute Gasteiger partial charge is 0.407 e. The fraction of sp³-hybridized carbons (Fsp3) is 0.694. The number of benzene rings is 1. The molecule has 0 spiro atoms. The Morgan fingerprint density at radius 1 is 0.516 bits per heavy atom. The summed E-state index contributed by atoms with van der Waals surface area (Å²) in [6, 6.07) is -6.56. The molecule has 0 bridgehead atoms. The number of amides is 13. The van der Waals surface area contributed by atoms with Gasteiger partial charge in [0, 0.05) is 39.1 Å². The number of alkyl carbamates (subject to hydrolysis) is 4. The summed E-state index contributed by atoms with van der Waals surface area (Å²) in [6.07, 6.45) is -8.95. The Morgan fingerprint density at radius 3 is 1.27 bits per heavy atom. The van der Waals surface area contributed by atoms with E-state index in [4.69, 9.17) is 24.7 Å². The van der Waals surface area contributed by atoms with Crippen LogP contribution in [0, 0.1) is 0 Å². The van der Waals surface area contributed by atoms with E-state index in [9.17, 15) is 72.5 Å². The minimum Gasteiger partial charge on any atom is -0.444 e. The molecule has 33 nitrogen and oxygen atoms in total. The van der Waals surface area contributed by atoms with Gasteiger partial charge in [0.05, 0.1) is 12.2 Å². The summed E-state index contributed by atoms with van der Waals surface area (Å²) in [7, 11) is 0. The monoisotopic (exact) mass is 1350 g/mol. The topological polar surface area (TPSA) is 482 Å². The molecule has 1 aromatic carbocycles. The fourth-order valence-corrected chi connectivity index (χ4v) is 8.72. The zero-order chi connectivity index (χ0) is 72.2. The molecule has 1 saturated heterocycles. The van der Waals surface area contributed by atoms with Crippen LogP contribution in [0.15, 0.2) is 30.3 Å². The van der Waals surface area contributed by atoms with Gasteiger partial charge in [-0.3, -0.25) is 43.2 Å². The highest BCUT2D eigenvalue weighted by Gasteiger charge is 2.37. The second-order valence-corrected chi connectivity index (χ2v) is 26.8. The van der Waals surface area contributed by atoms with Crippen molar-refractivity contribution < 1.29 is 91.5 Å². The summed E-state index contributed by atoms with van der Waals surface area (Å²) < 4.78 is 21.4. The molecule has 33 heteroatoms. The summed E-state index contributed by atoms with van der Waals surface area (Å²) in [4.78, 5) is 182. The average molecular weight is 1350 g/mol. The van der Waals surface area contributed by atoms with Gasteiger partial charge in [-0.15, -0.1) is 0 Å². The first-order valence-corrected chi connectivity index (χ1v) is 31.7. The van der Waals surface area contributed by atoms with Crippen molar-refractivity contribution in [1.29, 1.82) is 0 Å². The van der Waals surface area contributed by atoms with Crippen LogP contribution in [0.5, 0.6) is 0 Å². The lowest BCUT2D eigenvalue weighted by atomic mass is 10.0. The molecule has 1 aliphatic heterocycles. The van der Waals surface area contributed by atoms with Crippen molar-refractivity contribution in [3.05, 3.63) is 35.9 Å². The second kappa shape index (κ2) is 38.7. The van der Waals surface area contributed by atoms with Gasteiger partial charge in [-0.05, 0) is 141 Å². The van der Waals surface area contributed by atoms with Crippen LogP contribution in [0.1, 0.15) is 154 Å². The van der Waals surface area contributed by atoms with Crippen molar-refractivity contribution in [3.63, 3.8) is 0 Å². The molecule has 1 aliphatic rings. The van der Waals surface area contributed by atoms with Crippen LogP contribution in [0.2, 0.25) is 0 Å². The third-order valence-corrected chi connectivity index (χ3v) is 13.3. The molecular formula is C62H104N14O19. The molecule has 1 aromatic rings. The summed E-state index contributed by atoms with van der Waals surface area (Å²) in [5.41, 5.74) is 2.62. The minimum atomic E-state index is -1.85. The van der Waals surface area contributed by atoms with Crippen LogP contribution in [-0.2, 0) is 68.5 Å². The van der Waals surface area contributed by atoms with Crippen molar-refractivity contribution in [2.24, 2.45) is 5.73 Å². The summed E-state index contributed by atoms with van der Waals surface area (Å²) in [6.45, 7) is 21.4. The van der Waals surface area contributed by atoms with Crippen LogP contribution >= 0.6 is 0 Å². The number of carbonyl (C=O) groups excluding carboxylic acids is 13. The maximum absolute atomic E-state index is 14.9. The zero-order valence-corrected chi connectivity index (χ0v) is 57.3. The summed E-state index contributed by atoms with van der Waals surface area (Å²) in [5.74, 6) is -9.45. The summed E-state index contributed by atoms with van der Waals surface area (Å²) in [5, 5.41) is 54.0. The van der Waals surface area contributed by atoms with Crippen molar-refractivity contribution in [3.8, 4) is 0 Å². The number of nitrogens with one attached hydrogen (secondary N) is 13. The van der Waals surface area contributed by atoms with Crippen molar-refractivity contribution in [2.45, 2.75) is 244 Å². The number of hydrogen-bond acceptors (Lipinski definition) is 20. The molecule has 1 heterocycles. The van der Waals surface area contributed by atoms with E-state index in [0.29, 0.717) is 5.56 Å². The average Bonchev–Trinajstić information content (AvgIpc) is 1.10. The molecule has 2 unspecified atom stereocenters. The van der Waals surface area contributed by atoms with Gasteiger partial charge in [-0.2, -0.15) is 0 Å². The van der Waals surface area contributed by atoms with Gasteiger partial charge < -0.3 is 104 Å². The minimum absolute atomic E-state index is 0.0709. The molecule has 536 valence electrons. The van der Waals surface area contributed by atoms with Gasteiger partial charge in [-0.25, -0.2) is 19.2 Å². The second-order valence-electron chi connectivity index (χ2n) is 26.8. The maximum Gasteiger partial charge on any atom is 0.407 e. The number of hydrogen-bond donors (Lipinski definition) is 16. The van der Waals surface area contributed by atoms with Crippen LogP contribution in [-0.4, -0.2) is 209 Å². The lowest BCUT2D eigenvalue weighted by molar-refractivity contribution is -0.136. The van der Waals surface area contributed by atoms with Gasteiger partial charge >= 0.3 is 24.4 Å². The first-order valence-electron chi connectivity index (χ1n) is 31.7. The number of aliphatic hydroxyl groups is 2. The Balaban J connectivity index is 3.00. The van der Waals surface area contributed by atoms with E-state index < -0.39 is 192 Å². The highest BCUT2D eigenvalue weighted by Crippen LogP contribution is 2.13. The lowest BCUT2D eigenvalue weighted by Crippen LogP contribution is -2.61. The van der Waals surface area contributed by atoms with E-state index in [0.717, 1.165) is 6.92 Å². The number of aliphatic hydroxyl groups excluding tert-OH is 2. The third-order valence-electron chi connectivity index (χ3n) is 13.3. The molecule has 0 aromatic heterocycles. The Hall–Kier alpha value is -8.59. The molecule has 11 atom stereocenters. The van der Waals surface area contributed by atoms with Crippen LogP contribution in [0.3, 0.4) is 0 Å². The number of carbonyl (C=O) groups is 13. The number of nitrogens with two attached hydrogens (primary N) is 1. The van der Waals surface area contributed by atoms with Gasteiger partial charge in [-0.1, -0.05) is 43.7 Å². The highest BCUT2D eigenvalue weighted by molar-refractivity contribution is 5.98. The molecule has 95 heavy (non-hydrogen) atoms. The SMILES string of the molecule is CCC[C@@H]1NC(=O)[C@@H](Cc2ccccc2)NC(=O)[C@H](CCNC(=O)OC(C)(C)C)NC(=O)[C@@H](NC(=O)[C@H](CCNC(=O)OC(C)(C)C)NC(=O)[C@@H](N)C(C)O)CCNC(=O)[C@H](C(C)O)NC(=O)[C@H](CCNC(=O)OC(C)(C)C)NC(=O)[C@H](CCNC(=O)OC(C)(C)C)NC1=O. The zero-order valence-electron chi connectivity index (χ0n) is 57.3. The number of ether oxygens (including phenoxy) is 4. The summed E-state index contributed by atoms with van der Waals surface area (Å²) >= 11 is 0. The normalized spacial score (nSPS) is 21.4. The standard InChI is InChI=1S/C62H104N14O19/c1-16-20-37-46(79)70-39(24-29-65-55(88)92-59(4,5)6)48(81)73-42(27-32-68-58(91)95-62(13,14)15)51(84)76-45(35(3)78)54(87)64-28-23-38(71-49(82)41(74-53(86)44(63)34(2)77)26-31-67-57(90)94-61(10,11)12)47(80)72-40(25-30-66-56(89)93-60(7,8)9)50(83)75-43(52(85)69-37)33-36-21-18-17-19-22-36/h17-19,21-22,34-35,37-45,77-78H,16,20,23-33,63H2,1-15H3,(H,64,87)(H,65,88)(H,66,89)(H,67,90)(H,68,91)(H,69,85)(H,70,79)(H,71,82)(H,72,80)(H,73,81)(H,74,86)(H,75,83)(H,76,84)/t34?,35?,37-,38-,39-,40-,41-,42-,43+,44-,45-/m0/s1. The van der Waals surface area contributed by atoms with Crippen LogP contribution < -0.4 is 74.9 Å². The molecule has 0 radical (unpaired) electrons. The lowest BCUT2D eigenvalue weighted by Gasteiger charge is -2.28. The largest absolute Gasteiger partial charge is 0.444 e. The van der Waals surface area contributed by atoms with Gasteiger partial charge in [0.25, 0.3) is 0 Å². The van der Waals surface area contributed by atoms with E-state index in [1.165, 1.54) is 6.92 Å². The van der Waals surface area contributed by atoms with Crippen molar-refractivity contribution in [2.75, 3.05) is 32.7 Å². The Morgan fingerprint density at radius 2 is 0.884 bits per heavy atom. The third kappa shape index (κ3) is 33.9. The number of rotatable bonds is 22. The fourth-order valence-electron chi connectivity index (χ4n) is 8.72. The van der Waals surface area contributed by atoms with Crippen molar-refractivity contribution in [1.82, 2.24) is 69.1 Å². The van der Waals surface area contributed by atoms with Gasteiger partial charge in [0.1, 0.15) is 76.8 Å². The molecule has 0 aliphatic carbocycles. The quantitative estimate of drug-likeness (QED) is 0.0630. The van der Waals surface area contributed by atoms with E-state index in [1.807, 2.05) is 0 Å². The Kier molecular flexibility index (Phi) is 33.6. The van der Waals surface area contributed by atoms with Gasteiger partial charge in [0.2, 0.25) is 53.2 Å².